The maximum atomic E-state index is 10.9. The number of carbonyl (C=O) groups is 2. The van der Waals surface area contributed by atoms with Crippen LogP contribution in [0.25, 0.3) is 0 Å². The van der Waals surface area contributed by atoms with Gasteiger partial charge in [0.15, 0.2) is 0 Å². The molecular formula is C8H9N3O4S. The summed E-state index contributed by atoms with van der Waals surface area (Å²) in [6.45, 7) is 1.70. The summed E-state index contributed by atoms with van der Waals surface area (Å²) < 4.78 is 4.74. The number of hydrogen-bond donors (Lipinski definition) is 1. The van der Waals surface area contributed by atoms with E-state index in [1.54, 1.807) is 12.4 Å². The molecule has 8 heteroatoms. The van der Waals surface area contributed by atoms with Gasteiger partial charge in [0, 0.05) is 5.18 Å². The molecule has 0 radical (unpaired) electrons. The van der Waals surface area contributed by atoms with E-state index in [1.165, 1.54) is 11.3 Å². The maximum Gasteiger partial charge on any atom is 0.405 e. The standard InChI is InChI=1S/C8H9N3O4S/c1-4-7(16-3-10-4)5(15-8(9)13)2-6(12)11-14/h3,5H,2H2,1H3,(H2,9,13). The molecule has 0 aromatic carbocycles. The van der Waals surface area contributed by atoms with Crippen molar-refractivity contribution in [1.29, 1.82) is 0 Å². The Morgan fingerprint density at radius 3 is 2.81 bits per heavy atom. The summed E-state index contributed by atoms with van der Waals surface area (Å²) in [5.74, 6) is -0.904. The van der Waals surface area contributed by atoms with Gasteiger partial charge in [-0.3, -0.25) is 4.79 Å². The zero-order valence-corrected chi connectivity index (χ0v) is 9.19. The third-order valence-corrected chi connectivity index (χ3v) is 2.82. The lowest BCUT2D eigenvalue weighted by Crippen LogP contribution is -2.19. The first kappa shape index (κ1) is 12.2. The van der Waals surface area contributed by atoms with Crippen LogP contribution in [0.2, 0.25) is 0 Å². The number of carbonyl (C=O) groups excluding carboxylic acids is 2. The van der Waals surface area contributed by atoms with Crippen molar-refractivity contribution < 1.29 is 14.3 Å². The minimum absolute atomic E-state index is 0.324. The van der Waals surface area contributed by atoms with E-state index >= 15 is 0 Å². The number of aryl methyl sites for hydroxylation is 1. The Morgan fingerprint density at radius 1 is 1.69 bits per heavy atom. The molecule has 0 aliphatic rings. The number of thiazole rings is 1. The van der Waals surface area contributed by atoms with Gasteiger partial charge in [0.1, 0.15) is 6.10 Å². The van der Waals surface area contributed by atoms with Crippen LogP contribution in [-0.4, -0.2) is 17.0 Å². The second-order valence-corrected chi connectivity index (χ2v) is 3.80. The highest BCUT2D eigenvalue weighted by Crippen LogP contribution is 2.28. The number of primary amides is 1. The number of nitroso groups, excluding NO2 is 1. The second kappa shape index (κ2) is 5.31. The molecule has 1 heterocycles. The molecule has 0 saturated heterocycles. The predicted octanol–water partition coefficient (Wildman–Crippen LogP) is 1.27. The number of nitrogens with two attached hydrogens (primary N) is 1. The number of hydrogen-bond acceptors (Lipinski definition) is 6. The van der Waals surface area contributed by atoms with Crippen molar-refractivity contribution in [3.8, 4) is 0 Å². The van der Waals surface area contributed by atoms with E-state index in [1.807, 2.05) is 0 Å². The number of nitrogens with zero attached hydrogens (tertiary/aromatic N) is 2. The van der Waals surface area contributed by atoms with Gasteiger partial charge in [-0.25, -0.2) is 9.78 Å². The third-order valence-electron chi connectivity index (χ3n) is 1.80. The molecule has 1 unspecified atom stereocenters. The summed E-state index contributed by atoms with van der Waals surface area (Å²) in [5.41, 5.74) is 7.03. The zero-order chi connectivity index (χ0) is 12.1. The Bertz CT molecular complexity index is 417. The lowest BCUT2D eigenvalue weighted by molar-refractivity contribution is -0.119. The molecule has 0 saturated carbocycles. The molecule has 0 bridgehead atoms. The molecule has 1 atom stereocenters. The van der Waals surface area contributed by atoms with E-state index in [4.69, 9.17) is 10.5 Å². The molecule has 2 amide bonds. The van der Waals surface area contributed by atoms with Crippen molar-refractivity contribution >= 4 is 23.3 Å². The Balaban J connectivity index is 2.87. The van der Waals surface area contributed by atoms with Crippen LogP contribution in [0.3, 0.4) is 0 Å². The molecule has 0 aliphatic heterocycles. The molecule has 1 aromatic rings. The SMILES string of the molecule is Cc1ncsc1C(CC(=O)N=O)OC(N)=O. The Kier molecular flexibility index (Phi) is 4.06. The number of ether oxygens (including phenoxy) is 1. The fraction of sp³-hybridized carbons (Fsp3) is 0.375. The van der Waals surface area contributed by atoms with Crippen LogP contribution in [0.1, 0.15) is 23.1 Å². The van der Waals surface area contributed by atoms with E-state index in [2.05, 4.69) is 10.2 Å². The van der Waals surface area contributed by atoms with E-state index in [0.29, 0.717) is 10.6 Å². The smallest absolute Gasteiger partial charge is 0.405 e. The molecule has 1 rings (SSSR count). The highest BCUT2D eigenvalue weighted by molar-refractivity contribution is 7.09. The minimum atomic E-state index is -1.02. The van der Waals surface area contributed by atoms with Gasteiger partial charge in [0.2, 0.25) is 0 Å². The minimum Gasteiger partial charge on any atom is -0.440 e. The number of rotatable bonds is 4. The van der Waals surface area contributed by atoms with Gasteiger partial charge >= 0.3 is 6.09 Å². The summed E-state index contributed by atoms with van der Waals surface area (Å²) >= 11 is 1.21. The molecule has 0 spiro atoms. The number of aromatic nitrogens is 1. The van der Waals surface area contributed by atoms with Crippen LogP contribution in [0.5, 0.6) is 0 Å². The Labute approximate surface area is 94.6 Å². The van der Waals surface area contributed by atoms with Gasteiger partial charge in [-0.15, -0.1) is 16.2 Å². The van der Waals surface area contributed by atoms with E-state index in [9.17, 15) is 14.5 Å². The second-order valence-electron chi connectivity index (χ2n) is 2.92. The van der Waals surface area contributed by atoms with E-state index in [-0.39, 0.29) is 6.42 Å². The van der Waals surface area contributed by atoms with Crippen molar-refractivity contribution in [3.63, 3.8) is 0 Å². The fourth-order valence-corrected chi connectivity index (χ4v) is 1.97. The summed E-state index contributed by atoms with van der Waals surface area (Å²) in [6, 6.07) is 0. The average molecular weight is 243 g/mol. The predicted molar refractivity (Wildman–Crippen MR) is 55.7 cm³/mol. The molecule has 0 aliphatic carbocycles. The van der Waals surface area contributed by atoms with Gasteiger partial charge in [0.25, 0.3) is 5.91 Å². The van der Waals surface area contributed by atoms with E-state index < -0.39 is 18.1 Å². The monoisotopic (exact) mass is 243 g/mol. The van der Waals surface area contributed by atoms with Gasteiger partial charge < -0.3 is 10.5 Å². The first-order chi connectivity index (χ1) is 7.54. The lowest BCUT2D eigenvalue weighted by Gasteiger charge is -2.13. The van der Waals surface area contributed by atoms with Crippen molar-refractivity contribution in [1.82, 2.24) is 4.98 Å². The van der Waals surface area contributed by atoms with Gasteiger partial charge in [-0.1, -0.05) is 0 Å². The lowest BCUT2D eigenvalue weighted by atomic mass is 10.2. The van der Waals surface area contributed by atoms with Gasteiger partial charge in [-0.2, -0.15) is 0 Å². The highest BCUT2D eigenvalue weighted by atomic mass is 32.1. The molecule has 16 heavy (non-hydrogen) atoms. The molecule has 1 aromatic heterocycles. The maximum absolute atomic E-state index is 10.9. The van der Waals surface area contributed by atoms with Crippen LogP contribution < -0.4 is 5.73 Å². The topological polar surface area (TPSA) is 112 Å². The molecule has 2 N–H and O–H groups in total. The summed E-state index contributed by atoms with van der Waals surface area (Å²) in [5, 5.41) is 2.24. The largest absolute Gasteiger partial charge is 0.440 e. The molecule has 86 valence electrons. The van der Waals surface area contributed by atoms with Crippen LogP contribution in [-0.2, 0) is 9.53 Å². The quantitative estimate of drug-likeness (QED) is 0.800. The fourth-order valence-electron chi connectivity index (χ4n) is 1.14. The zero-order valence-electron chi connectivity index (χ0n) is 8.37. The summed E-state index contributed by atoms with van der Waals surface area (Å²) in [4.78, 5) is 36.1. The van der Waals surface area contributed by atoms with Crippen molar-refractivity contribution in [2.75, 3.05) is 0 Å². The Morgan fingerprint density at radius 2 is 2.38 bits per heavy atom. The normalized spacial score (nSPS) is 11.8. The summed E-state index contributed by atoms with van der Waals surface area (Å²) in [7, 11) is 0. The van der Waals surface area contributed by atoms with E-state index in [0.717, 1.165) is 0 Å². The first-order valence-corrected chi connectivity index (χ1v) is 5.14. The highest BCUT2D eigenvalue weighted by Gasteiger charge is 2.23. The van der Waals surface area contributed by atoms with Crippen LogP contribution in [0.4, 0.5) is 4.79 Å². The molecular weight excluding hydrogens is 234 g/mol. The van der Waals surface area contributed by atoms with Gasteiger partial charge in [0.05, 0.1) is 22.5 Å². The first-order valence-electron chi connectivity index (χ1n) is 4.27. The van der Waals surface area contributed by atoms with Crippen molar-refractivity contribution in [2.45, 2.75) is 19.4 Å². The van der Waals surface area contributed by atoms with Crippen molar-refractivity contribution in [3.05, 3.63) is 21.0 Å². The third kappa shape index (κ3) is 3.09. The Hall–Kier alpha value is -1.83. The van der Waals surface area contributed by atoms with Crippen LogP contribution in [0, 0.1) is 11.8 Å². The molecule has 0 fully saturated rings. The van der Waals surface area contributed by atoms with Crippen molar-refractivity contribution in [2.24, 2.45) is 10.9 Å². The molecule has 7 nitrogen and oxygen atoms in total. The summed E-state index contributed by atoms with van der Waals surface area (Å²) in [6.07, 6.45) is -2.23. The van der Waals surface area contributed by atoms with Gasteiger partial charge in [-0.05, 0) is 6.92 Å². The van der Waals surface area contributed by atoms with Crippen LogP contribution in [0.15, 0.2) is 10.7 Å². The van der Waals surface area contributed by atoms with Crippen LogP contribution >= 0.6 is 11.3 Å². The average Bonchev–Trinajstić information content (AvgIpc) is 2.62. The number of amides is 2.